The van der Waals surface area contributed by atoms with E-state index in [0.29, 0.717) is 24.1 Å². The smallest absolute Gasteiger partial charge is 0.324 e. The molecule has 1 unspecified atom stereocenters. The van der Waals surface area contributed by atoms with E-state index in [1.807, 2.05) is 35.7 Å². The number of carbonyl (C=O) groups excluding carboxylic acids is 2. The monoisotopic (exact) mass is 356 g/mol. The highest BCUT2D eigenvalue weighted by Gasteiger charge is 2.34. The number of piperazine rings is 1. The van der Waals surface area contributed by atoms with Gasteiger partial charge in [-0.1, -0.05) is 36.8 Å². The van der Waals surface area contributed by atoms with Gasteiger partial charge in [0.25, 0.3) is 0 Å². The van der Waals surface area contributed by atoms with E-state index in [2.05, 4.69) is 15.6 Å². The number of nitrogens with one attached hydrogen (secondary N) is 2. The molecule has 1 aliphatic heterocycles. The third-order valence-electron chi connectivity index (χ3n) is 4.85. The summed E-state index contributed by atoms with van der Waals surface area (Å²) < 4.78 is 0. The molecule has 6 nitrogen and oxygen atoms in total. The average molecular weight is 356 g/mol. The van der Waals surface area contributed by atoms with E-state index in [9.17, 15) is 9.59 Å². The number of hydrogen-bond acceptors (Lipinski definition) is 4. The summed E-state index contributed by atoms with van der Waals surface area (Å²) in [7, 11) is 0. The van der Waals surface area contributed by atoms with E-state index in [0.717, 1.165) is 11.3 Å². The minimum Gasteiger partial charge on any atom is -0.352 e. The van der Waals surface area contributed by atoms with Gasteiger partial charge in [-0.15, -0.1) is 11.3 Å². The van der Waals surface area contributed by atoms with Gasteiger partial charge in [-0.3, -0.25) is 10.1 Å². The van der Waals surface area contributed by atoms with Gasteiger partial charge in [-0.25, -0.2) is 9.78 Å². The average Bonchev–Trinajstić information content (AvgIpc) is 3.01. The molecule has 130 valence electrons. The number of hydrogen-bond donors (Lipinski definition) is 2. The zero-order chi connectivity index (χ0) is 17.2. The molecule has 4 rings (SSSR count). The molecule has 3 amide bonds. The molecule has 0 radical (unpaired) electrons. The first-order valence-corrected chi connectivity index (χ1v) is 9.46. The second kappa shape index (κ2) is 6.84. The van der Waals surface area contributed by atoms with E-state index >= 15 is 0 Å². The highest BCUT2D eigenvalue weighted by molar-refractivity contribution is 7.13. The Balaban J connectivity index is 1.50. The van der Waals surface area contributed by atoms with Crippen molar-refractivity contribution in [3.63, 3.8) is 0 Å². The van der Waals surface area contributed by atoms with Gasteiger partial charge in [0.15, 0.2) is 5.13 Å². The summed E-state index contributed by atoms with van der Waals surface area (Å²) >= 11 is 1.45. The van der Waals surface area contributed by atoms with Crippen molar-refractivity contribution in [2.45, 2.75) is 31.2 Å². The van der Waals surface area contributed by atoms with Gasteiger partial charge in [0, 0.05) is 24.4 Å². The van der Waals surface area contributed by atoms with Crippen molar-refractivity contribution < 1.29 is 9.59 Å². The summed E-state index contributed by atoms with van der Waals surface area (Å²) in [6, 6.07) is 8.49. The largest absolute Gasteiger partial charge is 0.352 e. The molecule has 7 heteroatoms. The molecule has 2 N–H and O–H groups in total. The van der Waals surface area contributed by atoms with Gasteiger partial charge in [-0.2, -0.15) is 0 Å². The highest BCUT2D eigenvalue weighted by atomic mass is 32.1. The number of amides is 3. The molecule has 2 fully saturated rings. The van der Waals surface area contributed by atoms with Crippen molar-refractivity contribution in [3.8, 4) is 0 Å². The molecule has 1 aromatic carbocycles. The first kappa shape index (κ1) is 16.1. The number of thiazole rings is 1. The van der Waals surface area contributed by atoms with Crippen LogP contribution in [0, 0.1) is 0 Å². The predicted octanol–water partition coefficient (Wildman–Crippen LogP) is 3.12. The molecule has 0 spiro atoms. The van der Waals surface area contributed by atoms with Crippen LogP contribution in [0.1, 0.15) is 42.5 Å². The molecule has 0 bridgehead atoms. The SMILES string of the molecule is O=C1NCCN(C(=O)Nc2nc(C3CCC3)cs2)C1c1ccccc1. The molecule has 1 saturated heterocycles. The molecule has 2 heterocycles. The van der Waals surface area contributed by atoms with Gasteiger partial charge in [0.1, 0.15) is 6.04 Å². The summed E-state index contributed by atoms with van der Waals surface area (Å²) in [5.41, 5.74) is 1.88. The molecule has 1 aromatic heterocycles. The lowest BCUT2D eigenvalue weighted by Crippen LogP contribution is -2.53. The van der Waals surface area contributed by atoms with Crippen molar-refractivity contribution in [1.82, 2.24) is 15.2 Å². The molecule has 2 aliphatic rings. The van der Waals surface area contributed by atoms with Crippen molar-refractivity contribution in [3.05, 3.63) is 47.0 Å². The maximum atomic E-state index is 12.8. The van der Waals surface area contributed by atoms with Crippen molar-refractivity contribution in [2.24, 2.45) is 0 Å². The topological polar surface area (TPSA) is 74.3 Å². The van der Waals surface area contributed by atoms with Gasteiger partial charge in [-0.05, 0) is 18.4 Å². The molecule has 2 aromatic rings. The maximum Gasteiger partial charge on any atom is 0.324 e. The van der Waals surface area contributed by atoms with Crippen LogP contribution >= 0.6 is 11.3 Å². The van der Waals surface area contributed by atoms with E-state index < -0.39 is 6.04 Å². The minimum absolute atomic E-state index is 0.151. The molecule has 1 aliphatic carbocycles. The van der Waals surface area contributed by atoms with Crippen molar-refractivity contribution >= 4 is 28.4 Å². The summed E-state index contributed by atoms with van der Waals surface area (Å²) in [4.78, 5) is 31.2. The van der Waals surface area contributed by atoms with Crippen molar-refractivity contribution in [1.29, 1.82) is 0 Å². The lowest BCUT2D eigenvalue weighted by atomic mass is 9.83. The molecule has 1 saturated carbocycles. The lowest BCUT2D eigenvalue weighted by molar-refractivity contribution is -0.127. The van der Waals surface area contributed by atoms with Crippen LogP contribution in [0.25, 0.3) is 0 Å². The van der Waals surface area contributed by atoms with Gasteiger partial charge >= 0.3 is 6.03 Å². The number of aromatic nitrogens is 1. The lowest BCUT2D eigenvalue weighted by Gasteiger charge is -2.35. The molecule has 1 atom stereocenters. The summed E-state index contributed by atoms with van der Waals surface area (Å²) in [6.45, 7) is 0.929. The third-order valence-corrected chi connectivity index (χ3v) is 5.62. The van der Waals surface area contributed by atoms with Gasteiger partial charge in [0.05, 0.1) is 5.69 Å². The predicted molar refractivity (Wildman–Crippen MR) is 96.6 cm³/mol. The number of rotatable bonds is 3. The number of carbonyl (C=O) groups is 2. The molecular weight excluding hydrogens is 336 g/mol. The van der Waals surface area contributed by atoms with Crippen LogP contribution in [0.4, 0.5) is 9.93 Å². The van der Waals surface area contributed by atoms with Crippen LogP contribution < -0.4 is 10.6 Å². The molecular formula is C18H20N4O2S. The van der Waals surface area contributed by atoms with Crippen LogP contribution in [0.15, 0.2) is 35.7 Å². The number of urea groups is 1. The van der Waals surface area contributed by atoms with E-state index in [1.165, 1.54) is 30.6 Å². The van der Waals surface area contributed by atoms with Crippen molar-refractivity contribution in [2.75, 3.05) is 18.4 Å². The highest BCUT2D eigenvalue weighted by Crippen LogP contribution is 2.37. The standard InChI is InChI=1S/C18H20N4O2S/c23-16-15(13-5-2-1-3-6-13)22(10-9-19-16)18(24)21-17-20-14(11-25-17)12-7-4-8-12/h1-3,5-6,11-12,15H,4,7-10H2,(H,19,23)(H,20,21,24). The van der Waals surface area contributed by atoms with Gasteiger partial charge < -0.3 is 10.2 Å². The Bertz CT molecular complexity index is 772. The Morgan fingerprint density at radius 2 is 2.08 bits per heavy atom. The first-order valence-electron chi connectivity index (χ1n) is 8.58. The number of benzene rings is 1. The van der Waals surface area contributed by atoms with E-state index in [4.69, 9.17) is 0 Å². The van der Waals surface area contributed by atoms with Crippen LogP contribution in [-0.4, -0.2) is 34.9 Å². The Labute approximate surface area is 150 Å². The second-order valence-corrected chi connectivity index (χ2v) is 7.29. The summed E-state index contributed by atoms with van der Waals surface area (Å²) in [5, 5.41) is 8.34. The third kappa shape index (κ3) is 3.24. The van der Waals surface area contributed by atoms with Crippen LogP contribution in [0.2, 0.25) is 0 Å². The maximum absolute atomic E-state index is 12.8. The Kier molecular flexibility index (Phi) is 4.40. The normalized spacial score (nSPS) is 20.7. The second-order valence-electron chi connectivity index (χ2n) is 6.43. The fraction of sp³-hybridized carbons (Fsp3) is 0.389. The number of anilines is 1. The summed E-state index contributed by atoms with van der Waals surface area (Å²) in [6.07, 6.45) is 3.62. The number of nitrogens with zero attached hydrogens (tertiary/aromatic N) is 2. The Morgan fingerprint density at radius 3 is 2.80 bits per heavy atom. The van der Waals surface area contributed by atoms with E-state index in [1.54, 1.807) is 4.90 Å². The van der Waals surface area contributed by atoms with E-state index in [-0.39, 0.29) is 11.9 Å². The summed E-state index contributed by atoms with van der Waals surface area (Å²) in [5.74, 6) is 0.390. The van der Waals surface area contributed by atoms with Crippen LogP contribution in [-0.2, 0) is 4.79 Å². The fourth-order valence-electron chi connectivity index (χ4n) is 3.25. The fourth-order valence-corrected chi connectivity index (χ4v) is 4.03. The van der Waals surface area contributed by atoms with Gasteiger partial charge in [0.2, 0.25) is 5.91 Å². The van der Waals surface area contributed by atoms with Crippen LogP contribution in [0.5, 0.6) is 0 Å². The Hall–Kier alpha value is -2.41. The Morgan fingerprint density at radius 1 is 1.28 bits per heavy atom. The minimum atomic E-state index is -0.610. The van der Waals surface area contributed by atoms with Crippen LogP contribution in [0.3, 0.4) is 0 Å². The molecule has 25 heavy (non-hydrogen) atoms. The quantitative estimate of drug-likeness (QED) is 0.887. The first-order chi connectivity index (χ1) is 12.2. The zero-order valence-electron chi connectivity index (χ0n) is 13.8. The zero-order valence-corrected chi connectivity index (χ0v) is 14.6.